The summed E-state index contributed by atoms with van der Waals surface area (Å²) in [6.45, 7) is 0. The fourth-order valence-corrected chi connectivity index (χ4v) is 3.85. The second-order valence-corrected chi connectivity index (χ2v) is 8.27. The molecule has 0 aliphatic rings. The number of halogens is 9. The molecule has 0 unspecified atom stereocenters. The molecule has 0 amide bonds. The van der Waals surface area contributed by atoms with Crippen LogP contribution in [0.25, 0.3) is 0 Å². The average Bonchev–Trinajstić information content (AvgIpc) is 2.86. The summed E-state index contributed by atoms with van der Waals surface area (Å²) in [5, 5.41) is 36.9. The van der Waals surface area contributed by atoms with Crippen LogP contribution in [0.1, 0.15) is 58.1 Å². The summed E-state index contributed by atoms with van der Waals surface area (Å²) in [4.78, 5) is 45.9. The maximum atomic E-state index is 14.0. The summed E-state index contributed by atoms with van der Waals surface area (Å²) in [6.07, 6.45) is -17.1. The summed E-state index contributed by atoms with van der Waals surface area (Å²) in [6, 6.07) is 2.04. The first-order valence-corrected chi connectivity index (χ1v) is 11.0. The van der Waals surface area contributed by atoms with E-state index < -0.39 is 104 Å². The van der Waals surface area contributed by atoms with E-state index in [1.807, 2.05) is 0 Å². The van der Waals surface area contributed by atoms with Gasteiger partial charge in [-0.15, -0.1) is 0 Å². The van der Waals surface area contributed by atoms with E-state index in [1.54, 1.807) is 0 Å². The molecule has 3 aromatic rings. The molecule has 0 heterocycles. The van der Waals surface area contributed by atoms with Crippen molar-refractivity contribution >= 4 is 23.9 Å². The van der Waals surface area contributed by atoms with Crippen molar-refractivity contribution in [2.75, 3.05) is 0 Å². The van der Waals surface area contributed by atoms with Gasteiger partial charge in [0.25, 0.3) is 0 Å². The van der Waals surface area contributed by atoms with E-state index in [0.717, 1.165) is 0 Å². The summed E-state index contributed by atoms with van der Waals surface area (Å²) in [5.41, 5.74) is -13.4. The van der Waals surface area contributed by atoms with Crippen LogP contribution in [0, 0.1) is 0 Å². The summed E-state index contributed by atoms with van der Waals surface area (Å²) < 4.78 is 135. The highest BCUT2D eigenvalue weighted by molar-refractivity contribution is 6.04. The van der Waals surface area contributed by atoms with E-state index in [4.69, 9.17) is 19.7 Å². The molecule has 0 aliphatic heterocycles. The van der Waals surface area contributed by atoms with Crippen molar-refractivity contribution in [1.29, 1.82) is 0 Å². The summed E-state index contributed by atoms with van der Waals surface area (Å²) in [5.74, 6) is -15.9. The van der Waals surface area contributed by atoms with Gasteiger partial charge in [-0.2, -0.15) is 39.5 Å². The van der Waals surface area contributed by atoms with Gasteiger partial charge in [-0.1, -0.05) is 6.07 Å². The standard InChI is InChI=1S/C25H11F9O10/c26-23(27,28)10-2-1-3-13(43-11-6-4-8(19(35)36)14(21(39)40)16(11)24(29,30)31)18(10)44-12-7-5-9(20(37)38)15(22(41)42)17(12)25(32,33)34/h1-7H,(H,35,36)(H,37,38)(H,39,40)(H,41,42). The minimum absolute atomic E-state index is 0.140. The normalized spacial score (nSPS) is 12.0. The molecule has 0 radical (unpaired) electrons. The molecule has 19 heteroatoms. The number of hydrogen-bond donors (Lipinski definition) is 4. The predicted octanol–water partition coefficient (Wildman–Crippen LogP) is 7.12. The van der Waals surface area contributed by atoms with Crippen LogP contribution >= 0.6 is 0 Å². The number of para-hydroxylation sites is 1. The van der Waals surface area contributed by atoms with E-state index in [0.29, 0.717) is 18.2 Å². The van der Waals surface area contributed by atoms with Crippen LogP contribution in [0.3, 0.4) is 0 Å². The molecule has 10 nitrogen and oxygen atoms in total. The van der Waals surface area contributed by atoms with Crippen molar-refractivity contribution in [3.63, 3.8) is 0 Å². The highest BCUT2D eigenvalue weighted by Gasteiger charge is 2.45. The number of hydrogen-bond acceptors (Lipinski definition) is 6. The van der Waals surface area contributed by atoms with Gasteiger partial charge in [0.1, 0.15) is 28.2 Å². The Kier molecular flexibility index (Phi) is 8.48. The minimum atomic E-state index is -5.80. The quantitative estimate of drug-likeness (QED) is 0.186. The Balaban J connectivity index is 2.40. The zero-order valence-corrected chi connectivity index (χ0v) is 20.7. The summed E-state index contributed by atoms with van der Waals surface area (Å²) >= 11 is 0. The van der Waals surface area contributed by atoms with Gasteiger partial charge in [-0.25, -0.2) is 19.2 Å². The first kappa shape index (κ1) is 33.0. The zero-order chi connectivity index (χ0) is 33.5. The van der Waals surface area contributed by atoms with E-state index >= 15 is 0 Å². The lowest BCUT2D eigenvalue weighted by Gasteiger charge is -2.22. The Hall–Kier alpha value is -5.49. The van der Waals surface area contributed by atoms with Crippen molar-refractivity contribution in [1.82, 2.24) is 0 Å². The lowest BCUT2D eigenvalue weighted by molar-refractivity contribution is -0.141. The maximum absolute atomic E-state index is 14.0. The molecule has 234 valence electrons. The van der Waals surface area contributed by atoms with E-state index in [9.17, 15) is 68.9 Å². The molecule has 3 aromatic carbocycles. The van der Waals surface area contributed by atoms with Gasteiger partial charge >= 0.3 is 42.4 Å². The smallest absolute Gasteiger partial charge is 0.420 e. The molecule has 0 saturated heterocycles. The van der Waals surface area contributed by atoms with Crippen LogP contribution < -0.4 is 9.47 Å². The molecule has 0 saturated carbocycles. The first-order chi connectivity index (χ1) is 20.1. The number of carboxylic acid groups (broad SMARTS) is 4. The van der Waals surface area contributed by atoms with Crippen LogP contribution in [0.4, 0.5) is 39.5 Å². The van der Waals surface area contributed by atoms with Gasteiger partial charge in [0.05, 0.1) is 22.3 Å². The molecular formula is C25H11F9O10. The number of rotatable bonds is 8. The highest BCUT2D eigenvalue weighted by Crippen LogP contribution is 2.50. The number of aromatic carboxylic acids is 4. The second-order valence-electron chi connectivity index (χ2n) is 8.27. The Morgan fingerprint density at radius 2 is 0.909 bits per heavy atom. The maximum Gasteiger partial charge on any atom is 0.420 e. The fraction of sp³-hybridized carbons (Fsp3) is 0.120. The molecule has 0 atom stereocenters. The van der Waals surface area contributed by atoms with Crippen molar-refractivity contribution in [3.05, 3.63) is 81.4 Å². The molecule has 44 heavy (non-hydrogen) atoms. The fourth-order valence-electron chi connectivity index (χ4n) is 3.85. The molecule has 0 spiro atoms. The Morgan fingerprint density at radius 1 is 0.500 bits per heavy atom. The van der Waals surface area contributed by atoms with Gasteiger partial charge in [0.2, 0.25) is 0 Å². The van der Waals surface area contributed by atoms with Gasteiger partial charge in [-0.3, -0.25) is 0 Å². The number of carbonyl (C=O) groups is 4. The van der Waals surface area contributed by atoms with Crippen molar-refractivity contribution in [2.24, 2.45) is 0 Å². The number of alkyl halides is 9. The Labute approximate surface area is 236 Å². The monoisotopic (exact) mass is 642 g/mol. The number of benzene rings is 3. The van der Waals surface area contributed by atoms with Gasteiger partial charge in [-0.05, 0) is 36.4 Å². The van der Waals surface area contributed by atoms with Crippen LogP contribution in [-0.4, -0.2) is 44.3 Å². The SMILES string of the molecule is O=C(O)c1ccc(Oc2cccc(C(F)(F)F)c2Oc2ccc(C(=O)O)c(C(=O)O)c2C(F)(F)F)c(C(F)(F)F)c1C(=O)O. The van der Waals surface area contributed by atoms with Crippen molar-refractivity contribution in [2.45, 2.75) is 18.5 Å². The topological polar surface area (TPSA) is 168 Å². The van der Waals surface area contributed by atoms with Crippen molar-refractivity contribution in [3.8, 4) is 23.0 Å². The van der Waals surface area contributed by atoms with E-state index in [1.165, 1.54) is 0 Å². The molecule has 0 aliphatic carbocycles. The van der Waals surface area contributed by atoms with Gasteiger partial charge < -0.3 is 29.9 Å². The third-order valence-corrected chi connectivity index (χ3v) is 5.51. The lowest BCUT2D eigenvalue weighted by Crippen LogP contribution is -2.19. The Bertz CT molecular complexity index is 1690. The van der Waals surface area contributed by atoms with Crippen LogP contribution in [-0.2, 0) is 18.5 Å². The minimum Gasteiger partial charge on any atom is -0.478 e. The summed E-state index contributed by atoms with van der Waals surface area (Å²) in [7, 11) is 0. The van der Waals surface area contributed by atoms with Gasteiger partial charge in [0.15, 0.2) is 11.5 Å². The average molecular weight is 642 g/mol. The molecule has 0 bridgehead atoms. The third kappa shape index (κ3) is 6.45. The second kappa shape index (κ2) is 11.3. The highest BCUT2D eigenvalue weighted by atomic mass is 19.4. The van der Waals surface area contributed by atoms with E-state index in [-0.39, 0.29) is 24.3 Å². The van der Waals surface area contributed by atoms with E-state index in [2.05, 4.69) is 0 Å². The lowest BCUT2D eigenvalue weighted by atomic mass is 9.99. The number of carboxylic acids is 4. The predicted molar refractivity (Wildman–Crippen MR) is 122 cm³/mol. The molecule has 0 aromatic heterocycles. The molecular weight excluding hydrogens is 631 g/mol. The zero-order valence-electron chi connectivity index (χ0n) is 20.7. The van der Waals surface area contributed by atoms with Crippen molar-refractivity contribution < 1.29 is 88.6 Å². The van der Waals surface area contributed by atoms with Crippen LogP contribution in [0.15, 0.2) is 42.5 Å². The number of ether oxygens (including phenoxy) is 2. The largest absolute Gasteiger partial charge is 0.478 e. The van der Waals surface area contributed by atoms with Crippen LogP contribution in [0.5, 0.6) is 23.0 Å². The molecule has 3 rings (SSSR count). The first-order valence-electron chi connectivity index (χ1n) is 11.0. The van der Waals surface area contributed by atoms with Gasteiger partial charge in [0, 0.05) is 0 Å². The Morgan fingerprint density at radius 3 is 1.25 bits per heavy atom. The van der Waals surface area contributed by atoms with Crippen LogP contribution in [0.2, 0.25) is 0 Å². The molecule has 4 N–H and O–H groups in total. The third-order valence-electron chi connectivity index (χ3n) is 5.51. The molecule has 0 fully saturated rings.